The van der Waals surface area contributed by atoms with Crippen molar-refractivity contribution in [2.75, 3.05) is 0 Å². The van der Waals surface area contributed by atoms with E-state index in [-0.39, 0.29) is 0 Å². The summed E-state index contributed by atoms with van der Waals surface area (Å²) >= 11 is 2.73. The fourth-order valence-corrected chi connectivity index (χ4v) is 2.19. The SMILES string of the molecule is [SeH]C(c1ccccc1)c1ccccc1. The number of rotatable bonds is 2. The molecule has 0 heterocycles. The van der Waals surface area contributed by atoms with Gasteiger partial charge in [-0.2, -0.15) is 0 Å². The Bertz CT molecular complexity index is 341. The molecule has 0 radical (unpaired) electrons. The van der Waals surface area contributed by atoms with Gasteiger partial charge in [-0.3, -0.25) is 0 Å². The van der Waals surface area contributed by atoms with E-state index in [0.717, 1.165) is 0 Å². The maximum absolute atomic E-state index is 2.73. The molecule has 0 spiro atoms. The van der Waals surface area contributed by atoms with Gasteiger partial charge >= 0.3 is 92.6 Å². The van der Waals surface area contributed by atoms with Gasteiger partial charge in [0.1, 0.15) is 0 Å². The van der Waals surface area contributed by atoms with Crippen molar-refractivity contribution in [3.8, 4) is 0 Å². The monoisotopic (exact) mass is 248 g/mol. The summed E-state index contributed by atoms with van der Waals surface area (Å²) in [7, 11) is 0. The molecular weight excluding hydrogens is 235 g/mol. The Morgan fingerprint density at radius 2 is 1.00 bits per heavy atom. The van der Waals surface area contributed by atoms with E-state index in [4.69, 9.17) is 0 Å². The van der Waals surface area contributed by atoms with Gasteiger partial charge in [-0.1, -0.05) is 0 Å². The molecule has 0 fully saturated rings. The average Bonchev–Trinajstić information content (AvgIpc) is 2.30. The van der Waals surface area contributed by atoms with Crippen molar-refractivity contribution in [2.24, 2.45) is 0 Å². The molecule has 0 nitrogen and oxygen atoms in total. The molecule has 0 saturated carbocycles. The second kappa shape index (κ2) is 4.45. The van der Waals surface area contributed by atoms with E-state index in [1.54, 1.807) is 0 Å². The zero-order valence-corrected chi connectivity index (χ0v) is 9.67. The van der Waals surface area contributed by atoms with Crippen LogP contribution in [0.25, 0.3) is 0 Å². The molecule has 1 heteroatoms. The van der Waals surface area contributed by atoms with Crippen LogP contribution in [-0.2, 0) is 0 Å². The topological polar surface area (TPSA) is 0 Å². The molecule has 0 atom stereocenters. The molecule has 0 saturated heterocycles. The molecule has 2 rings (SSSR count). The quantitative estimate of drug-likeness (QED) is 0.716. The summed E-state index contributed by atoms with van der Waals surface area (Å²) in [5.74, 6) is 0. The van der Waals surface area contributed by atoms with Crippen LogP contribution in [0.1, 0.15) is 15.9 Å². The van der Waals surface area contributed by atoms with E-state index in [9.17, 15) is 0 Å². The average molecular weight is 247 g/mol. The Kier molecular flexibility index (Phi) is 3.03. The fraction of sp³-hybridized carbons (Fsp3) is 0.0769. The molecule has 2 aromatic carbocycles. The molecule has 0 aliphatic heterocycles. The molecule has 0 aliphatic rings. The third-order valence-electron chi connectivity index (χ3n) is 2.23. The normalized spacial score (nSPS) is 10.4. The van der Waals surface area contributed by atoms with E-state index < -0.39 is 0 Å². The summed E-state index contributed by atoms with van der Waals surface area (Å²) in [6.07, 6.45) is 0. The minimum atomic E-state index is 0.421. The van der Waals surface area contributed by atoms with E-state index in [1.165, 1.54) is 11.1 Å². The maximum atomic E-state index is 2.73. The van der Waals surface area contributed by atoms with Crippen molar-refractivity contribution in [2.45, 2.75) is 4.82 Å². The summed E-state index contributed by atoms with van der Waals surface area (Å²) in [5, 5.41) is 0. The zero-order valence-electron chi connectivity index (χ0n) is 7.80. The zero-order chi connectivity index (χ0) is 9.80. The molecule has 0 unspecified atom stereocenters. The molecule has 0 aliphatic carbocycles. The molecule has 0 amide bonds. The van der Waals surface area contributed by atoms with Crippen LogP contribution in [0.4, 0.5) is 0 Å². The van der Waals surface area contributed by atoms with Crippen LogP contribution in [0.15, 0.2) is 60.7 Å². The van der Waals surface area contributed by atoms with Crippen molar-refractivity contribution in [3.05, 3.63) is 71.8 Å². The van der Waals surface area contributed by atoms with E-state index in [1.807, 2.05) is 12.1 Å². The molecular formula is C13H12Se. The van der Waals surface area contributed by atoms with Gasteiger partial charge in [0.25, 0.3) is 0 Å². The van der Waals surface area contributed by atoms with Crippen LogP contribution in [0.3, 0.4) is 0 Å². The molecule has 14 heavy (non-hydrogen) atoms. The number of benzene rings is 2. The molecule has 0 bridgehead atoms. The Balaban J connectivity index is 2.30. The van der Waals surface area contributed by atoms with Crippen molar-refractivity contribution >= 4 is 16.0 Å². The van der Waals surface area contributed by atoms with Crippen molar-refractivity contribution in [1.82, 2.24) is 0 Å². The van der Waals surface area contributed by atoms with Crippen LogP contribution in [-0.4, -0.2) is 16.0 Å². The number of hydrogen-bond acceptors (Lipinski definition) is 0. The van der Waals surface area contributed by atoms with Gasteiger partial charge in [0.05, 0.1) is 0 Å². The Hall–Kier alpha value is -1.04. The first-order valence-corrected chi connectivity index (χ1v) is 5.74. The summed E-state index contributed by atoms with van der Waals surface area (Å²) in [6, 6.07) is 21.1. The van der Waals surface area contributed by atoms with E-state index in [0.29, 0.717) is 4.82 Å². The summed E-state index contributed by atoms with van der Waals surface area (Å²) in [4.78, 5) is 0.421. The third-order valence-corrected chi connectivity index (χ3v) is 3.48. The second-order valence-corrected chi connectivity index (χ2v) is 4.31. The first-order valence-electron chi connectivity index (χ1n) is 4.66. The van der Waals surface area contributed by atoms with Gasteiger partial charge < -0.3 is 0 Å². The van der Waals surface area contributed by atoms with Crippen molar-refractivity contribution in [3.63, 3.8) is 0 Å². The number of hydrogen-bond donors (Lipinski definition) is 0. The first-order chi connectivity index (χ1) is 6.88. The minimum absolute atomic E-state index is 0.421. The van der Waals surface area contributed by atoms with E-state index >= 15 is 0 Å². The van der Waals surface area contributed by atoms with Crippen LogP contribution in [0.5, 0.6) is 0 Å². The Morgan fingerprint density at radius 3 is 1.36 bits per heavy atom. The van der Waals surface area contributed by atoms with Gasteiger partial charge in [0, 0.05) is 0 Å². The molecule has 2 aromatic rings. The second-order valence-electron chi connectivity index (χ2n) is 3.22. The Labute approximate surface area is 92.8 Å². The molecule has 0 aromatic heterocycles. The van der Waals surface area contributed by atoms with Gasteiger partial charge in [-0.25, -0.2) is 0 Å². The van der Waals surface area contributed by atoms with Crippen molar-refractivity contribution < 1.29 is 0 Å². The molecule has 0 N–H and O–H groups in total. The predicted molar refractivity (Wildman–Crippen MR) is 61.9 cm³/mol. The van der Waals surface area contributed by atoms with Gasteiger partial charge in [-0.05, 0) is 0 Å². The van der Waals surface area contributed by atoms with Crippen LogP contribution < -0.4 is 0 Å². The molecule has 70 valence electrons. The Morgan fingerprint density at radius 1 is 0.643 bits per heavy atom. The van der Waals surface area contributed by atoms with Gasteiger partial charge in [0.15, 0.2) is 0 Å². The predicted octanol–water partition coefficient (Wildman–Crippen LogP) is 2.68. The fourth-order valence-electron chi connectivity index (χ4n) is 1.46. The summed E-state index contributed by atoms with van der Waals surface area (Å²) < 4.78 is 0. The van der Waals surface area contributed by atoms with Crippen molar-refractivity contribution in [1.29, 1.82) is 0 Å². The van der Waals surface area contributed by atoms with Crippen LogP contribution in [0, 0.1) is 0 Å². The standard InChI is InChI=1S/C13H12Se/c14-13(11-7-3-1-4-8-11)12-9-5-2-6-10-12/h1-10,13-14H. The summed E-state index contributed by atoms with van der Waals surface area (Å²) in [5.41, 5.74) is 2.69. The van der Waals surface area contributed by atoms with Gasteiger partial charge in [-0.15, -0.1) is 0 Å². The third kappa shape index (κ3) is 2.06. The summed E-state index contributed by atoms with van der Waals surface area (Å²) in [6.45, 7) is 0. The van der Waals surface area contributed by atoms with Crippen LogP contribution >= 0.6 is 0 Å². The van der Waals surface area contributed by atoms with Gasteiger partial charge in [0.2, 0.25) is 0 Å². The van der Waals surface area contributed by atoms with E-state index in [2.05, 4.69) is 64.5 Å². The van der Waals surface area contributed by atoms with Crippen LogP contribution in [0.2, 0.25) is 0 Å². The first kappa shape index (κ1) is 9.51.